The van der Waals surface area contributed by atoms with Gasteiger partial charge in [-0.1, -0.05) is 24.3 Å². The molecule has 0 aliphatic carbocycles. The van der Waals surface area contributed by atoms with E-state index in [4.69, 9.17) is 4.74 Å². The Bertz CT molecular complexity index is 802. The number of nitrogens with one attached hydrogen (secondary N) is 2. The van der Waals surface area contributed by atoms with Crippen LogP contribution in [0, 0.1) is 0 Å². The number of nitrogens with zero attached hydrogens (tertiary/aromatic N) is 3. The van der Waals surface area contributed by atoms with Crippen molar-refractivity contribution in [3.63, 3.8) is 0 Å². The molecule has 0 aliphatic heterocycles. The van der Waals surface area contributed by atoms with Gasteiger partial charge in [0.15, 0.2) is 0 Å². The zero-order valence-corrected chi connectivity index (χ0v) is 12.5. The highest BCUT2D eigenvalue weighted by molar-refractivity contribution is 5.92. The van der Waals surface area contributed by atoms with Crippen molar-refractivity contribution in [2.75, 3.05) is 12.4 Å². The minimum absolute atomic E-state index is 0.108. The molecule has 116 valence electrons. The Morgan fingerprint density at radius 3 is 2.87 bits per heavy atom. The highest BCUT2D eigenvalue weighted by Gasteiger charge is 2.07. The Morgan fingerprint density at radius 2 is 2.09 bits per heavy atom. The standard InChI is InChI=1S/C16H15N5O2/c1-23-14-7-2-4-11(8-14)9-15(22)17-13-6-3-5-12(10-13)16-18-20-21-19-16/h2-8,10H,9H2,1H3,(H,17,22)(H,18,19,20,21). The van der Waals surface area contributed by atoms with Crippen LogP contribution in [0.25, 0.3) is 11.4 Å². The predicted molar refractivity (Wildman–Crippen MR) is 84.9 cm³/mol. The van der Waals surface area contributed by atoms with Gasteiger partial charge in [-0.25, -0.2) is 0 Å². The maximum Gasteiger partial charge on any atom is 0.228 e. The molecule has 3 aromatic rings. The van der Waals surface area contributed by atoms with E-state index >= 15 is 0 Å². The first-order valence-corrected chi connectivity index (χ1v) is 7.01. The molecule has 0 saturated carbocycles. The average molecular weight is 309 g/mol. The molecule has 0 spiro atoms. The molecule has 0 bridgehead atoms. The van der Waals surface area contributed by atoms with Crippen LogP contribution in [0.5, 0.6) is 5.75 Å². The van der Waals surface area contributed by atoms with Gasteiger partial charge >= 0.3 is 0 Å². The van der Waals surface area contributed by atoms with Crippen LogP contribution in [0.15, 0.2) is 48.5 Å². The lowest BCUT2D eigenvalue weighted by molar-refractivity contribution is -0.115. The zero-order chi connectivity index (χ0) is 16.1. The van der Waals surface area contributed by atoms with Crippen LogP contribution in [0.1, 0.15) is 5.56 Å². The highest BCUT2D eigenvalue weighted by Crippen LogP contribution is 2.19. The number of H-pyrrole nitrogens is 1. The van der Waals surface area contributed by atoms with E-state index in [1.54, 1.807) is 13.2 Å². The number of anilines is 1. The number of benzene rings is 2. The fraction of sp³-hybridized carbons (Fsp3) is 0.125. The molecule has 7 heteroatoms. The minimum Gasteiger partial charge on any atom is -0.497 e. The smallest absolute Gasteiger partial charge is 0.228 e. The van der Waals surface area contributed by atoms with Gasteiger partial charge in [0, 0.05) is 11.3 Å². The maximum atomic E-state index is 12.2. The number of aromatic nitrogens is 4. The number of hydrogen-bond donors (Lipinski definition) is 2. The van der Waals surface area contributed by atoms with E-state index in [1.807, 2.05) is 42.5 Å². The molecule has 1 heterocycles. The Balaban J connectivity index is 1.69. The first-order chi connectivity index (χ1) is 11.2. The van der Waals surface area contributed by atoms with Crippen LogP contribution in [0.2, 0.25) is 0 Å². The number of aromatic amines is 1. The maximum absolute atomic E-state index is 12.2. The lowest BCUT2D eigenvalue weighted by atomic mass is 10.1. The predicted octanol–water partition coefficient (Wildman–Crippen LogP) is 2.06. The number of ether oxygens (including phenoxy) is 1. The summed E-state index contributed by atoms with van der Waals surface area (Å²) in [7, 11) is 1.60. The third kappa shape index (κ3) is 3.70. The summed E-state index contributed by atoms with van der Waals surface area (Å²) in [6.45, 7) is 0. The van der Waals surface area contributed by atoms with E-state index < -0.39 is 0 Å². The summed E-state index contributed by atoms with van der Waals surface area (Å²) in [5.41, 5.74) is 2.34. The van der Waals surface area contributed by atoms with Gasteiger partial charge in [-0.3, -0.25) is 4.79 Å². The first-order valence-electron chi connectivity index (χ1n) is 7.01. The Kier molecular flexibility index (Phi) is 4.28. The van der Waals surface area contributed by atoms with Gasteiger partial charge in [-0.05, 0) is 35.0 Å². The van der Waals surface area contributed by atoms with Crippen molar-refractivity contribution in [2.45, 2.75) is 6.42 Å². The van der Waals surface area contributed by atoms with Crippen LogP contribution >= 0.6 is 0 Å². The van der Waals surface area contributed by atoms with Crippen molar-refractivity contribution in [1.29, 1.82) is 0 Å². The molecule has 0 fully saturated rings. The van der Waals surface area contributed by atoms with Crippen molar-refractivity contribution < 1.29 is 9.53 Å². The fourth-order valence-corrected chi connectivity index (χ4v) is 2.19. The van der Waals surface area contributed by atoms with Gasteiger partial charge in [-0.15, -0.1) is 10.2 Å². The summed E-state index contributed by atoms with van der Waals surface area (Å²) < 4.78 is 5.16. The SMILES string of the molecule is COc1cccc(CC(=O)Nc2cccc(-c3nn[nH]n3)c2)c1. The molecular formula is C16H15N5O2. The van der Waals surface area contributed by atoms with E-state index in [-0.39, 0.29) is 12.3 Å². The lowest BCUT2D eigenvalue weighted by Gasteiger charge is -2.07. The monoisotopic (exact) mass is 309 g/mol. The van der Waals surface area contributed by atoms with Crippen LogP contribution < -0.4 is 10.1 Å². The Labute approximate surface area is 132 Å². The van der Waals surface area contributed by atoms with E-state index in [2.05, 4.69) is 25.9 Å². The second kappa shape index (κ2) is 6.69. The topological polar surface area (TPSA) is 92.8 Å². The summed E-state index contributed by atoms with van der Waals surface area (Å²) in [6.07, 6.45) is 0.267. The molecule has 1 aromatic heterocycles. The van der Waals surface area contributed by atoms with Crippen LogP contribution in [0.4, 0.5) is 5.69 Å². The van der Waals surface area contributed by atoms with Crippen molar-refractivity contribution in [3.05, 3.63) is 54.1 Å². The Hall–Kier alpha value is -3.22. The van der Waals surface area contributed by atoms with Crippen molar-refractivity contribution in [1.82, 2.24) is 20.6 Å². The highest BCUT2D eigenvalue weighted by atomic mass is 16.5. The van der Waals surface area contributed by atoms with Crippen molar-refractivity contribution in [2.24, 2.45) is 0 Å². The number of amides is 1. The second-order valence-electron chi connectivity index (χ2n) is 4.89. The number of carbonyl (C=O) groups excluding carboxylic acids is 1. The number of methoxy groups -OCH3 is 1. The summed E-state index contributed by atoms with van der Waals surface area (Å²) >= 11 is 0. The molecule has 0 saturated heterocycles. The zero-order valence-electron chi connectivity index (χ0n) is 12.5. The second-order valence-corrected chi connectivity index (χ2v) is 4.89. The molecular weight excluding hydrogens is 294 g/mol. The Morgan fingerprint density at radius 1 is 1.22 bits per heavy atom. The molecule has 2 aromatic carbocycles. The molecule has 23 heavy (non-hydrogen) atoms. The van der Waals surface area contributed by atoms with E-state index in [0.29, 0.717) is 11.5 Å². The third-order valence-corrected chi connectivity index (χ3v) is 3.25. The fourth-order valence-electron chi connectivity index (χ4n) is 2.19. The van der Waals surface area contributed by atoms with Crippen molar-refractivity contribution in [3.8, 4) is 17.1 Å². The minimum atomic E-state index is -0.108. The third-order valence-electron chi connectivity index (χ3n) is 3.25. The number of tetrazole rings is 1. The average Bonchev–Trinajstić information content (AvgIpc) is 3.09. The largest absolute Gasteiger partial charge is 0.497 e. The van der Waals surface area contributed by atoms with Crippen LogP contribution in [-0.2, 0) is 11.2 Å². The molecule has 3 rings (SSSR count). The summed E-state index contributed by atoms with van der Waals surface area (Å²) in [5, 5.41) is 16.6. The molecule has 1 amide bonds. The van der Waals surface area contributed by atoms with Gasteiger partial charge in [0.25, 0.3) is 0 Å². The van der Waals surface area contributed by atoms with Crippen LogP contribution in [-0.4, -0.2) is 33.6 Å². The number of carbonyl (C=O) groups is 1. The van der Waals surface area contributed by atoms with Gasteiger partial charge in [0.2, 0.25) is 11.7 Å². The molecule has 0 unspecified atom stereocenters. The molecule has 0 aliphatic rings. The summed E-state index contributed by atoms with van der Waals surface area (Å²) in [6, 6.07) is 14.7. The molecule has 7 nitrogen and oxygen atoms in total. The van der Waals surface area contributed by atoms with Gasteiger partial charge in [-0.2, -0.15) is 5.21 Å². The summed E-state index contributed by atoms with van der Waals surface area (Å²) in [5.74, 6) is 1.10. The van der Waals surface area contributed by atoms with Crippen LogP contribution in [0.3, 0.4) is 0 Å². The first kappa shape index (κ1) is 14.7. The van der Waals surface area contributed by atoms with E-state index in [1.165, 1.54) is 0 Å². The lowest BCUT2D eigenvalue weighted by Crippen LogP contribution is -2.14. The molecule has 0 radical (unpaired) electrons. The van der Waals surface area contributed by atoms with Gasteiger partial charge in [0.05, 0.1) is 13.5 Å². The molecule has 2 N–H and O–H groups in total. The van der Waals surface area contributed by atoms with Gasteiger partial charge < -0.3 is 10.1 Å². The quantitative estimate of drug-likeness (QED) is 0.752. The van der Waals surface area contributed by atoms with Crippen molar-refractivity contribution >= 4 is 11.6 Å². The molecule has 0 atom stereocenters. The summed E-state index contributed by atoms with van der Waals surface area (Å²) in [4.78, 5) is 12.2. The number of rotatable bonds is 5. The normalized spacial score (nSPS) is 10.3. The van der Waals surface area contributed by atoms with E-state index in [0.717, 1.165) is 16.9 Å². The van der Waals surface area contributed by atoms with E-state index in [9.17, 15) is 4.79 Å². The van der Waals surface area contributed by atoms with Gasteiger partial charge in [0.1, 0.15) is 5.75 Å². The number of hydrogen-bond acceptors (Lipinski definition) is 5.